The van der Waals surface area contributed by atoms with E-state index in [0.717, 1.165) is 23.7 Å². The van der Waals surface area contributed by atoms with Crippen LogP contribution < -0.4 is 16.0 Å². The number of benzene rings is 1. The lowest BCUT2D eigenvalue weighted by Gasteiger charge is -2.17. The molecule has 0 amide bonds. The topological polar surface area (TPSA) is 47.3 Å². The molecule has 0 spiro atoms. The Morgan fingerprint density at radius 2 is 2.25 bits per heavy atom. The average Bonchev–Trinajstić information content (AvgIpc) is 3.09. The molecule has 0 heterocycles. The van der Waals surface area contributed by atoms with Crippen LogP contribution in [0.2, 0.25) is 0 Å². The van der Waals surface area contributed by atoms with Crippen molar-refractivity contribution in [3.63, 3.8) is 0 Å². The van der Waals surface area contributed by atoms with Crippen molar-refractivity contribution < 1.29 is 4.74 Å². The Morgan fingerprint density at radius 1 is 1.50 bits per heavy atom. The Balaban J connectivity index is 2.13. The van der Waals surface area contributed by atoms with Gasteiger partial charge in [-0.2, -0.15) is 0 Å². The SMILES string of the molecule is COc1ccc(C(CC2CC2)NN)cc1C. The molecule has 0 aliphatic heterocycles. The molecular weight excluding hydrogens is 200 g/mol. The normalized spacial score (nSPS) is 17.2. The van der Waals surface area contributed by atoms with Gasteiger partial charge in [0.1, 0.15) is 5.75 Å². The molecule has 1 aromatic rings. The smallest absolute Gasteiger partial charge is 0.121 e. The molecule has 1 unspecified atom stereocenters. The van der Waals surface area contributed by atoms with E-state index in [-0.39, 0.29) is 6.04 Å². The van der Waals surface area contributed by atoms with Gasteiger partial charge in [-0.25, -0.2) is 0 Å². The van der Waals surface area contributed by atoms with E-state index >= 15 is 0 Å². The zero-order chi connectivity index (χ0) is 11.5. The fourth-order valence-corrected chi connectivity index (χ4v) is 2.11. The van der Waals surface area contributed by atoms with Crippen LogP contribution in [0.1, 0.15) is 36.4 Å². The number of nitrogens with one attached hydrogen (secondary N) is 1. The lowest BCUT2D eigenvalue weighted by atomic mass is 9.99. The second kappa shape index (κ2) is 4.85. The van der Waals surface area contributed by atoms with Crippen LogP contribution in [0.5, 0.6) is 5.75 Å². The molecular formula is C13H20N2O. The van der Waals surface area contributed by atoms with Gasteiger partial charge in [0, 0.05) is 6.04 Å². The van der Waals surface area contributed by atoms with E-state index in [2.05, 4.69) is 24.5 Å². The molecule has 1 aliphatic carbocycles. The molecule has 0 aromatic heterocycles. The maximum absolute atomic E-state index is 5.62. The van der Waals surface area contributed by atoms with Gasteiger partial charge in [0.25, 0.3) is 0 Å². The van der Waals surface area contributed by atoms with Gasteiger partial charge in [0.2, 0.25) is 0 Å². The van der Waals surface area contributed by atoms with E-state index in [1.165, 1.54) is 18.4 Å². The first-order chi connectivity index (χ1) is 7.74. The van der Waals surface area contributed by atoms with Crippen LogP contribution in [0.15, 0.2) is 18.2 Å². The van der Waals surface area contributed by atoms with Crippen molar-refractivity contribution in [3.05, 3.63) is 29.3 Å². The minimum absolute atomic E-state index is 0.275. The molecule has 16 heavy (non-hydrogen) atoms. The second-order valence-corrected chi connectivity index (χ2v) is 4.63. The van der Waals surface area contributed by atoms with Crippen molar-refractivity contribution in [1.29, 1.82) is 0 Å². The van der Waals surface area contributed by atoms with Crippen LogP contribution in [0, 0.1) is 12.8 Å². The first kappa shape index (κ1) is 11.4. The van der Waals surface area contributed by atoms with Crippen LogP contribution in [0.25, 0.3) is 0 Å². The van der Waals surface area contributed by atoms with E-state index in [9.17, 15) is 0 Å². The largest absolute Gasteiger partial charge is 0.496 e. The van der Waals surface area contributed by atoms with Crippen molar-refractivity contribution in [2.24, 2.45) is 11.8 Å². The number of methoxy groups -OCH3 is 1. The summed E-state index contributed by atoms with van der Waals surface area (Å²) in [6, 6.07) is 6.55. The van der Waals surface area contributed by atoms with E-state index < -0.39 is 0 Å². The first-order valence-corrected chi connectivity index (χ1v) is 5.85. The van der Waals surface area contributed by atoms with Crippen LogP contribution in [0.3, 0.4) is 0 Å². The fraction of sp³-hybridized carbons (Fsp3) is 0.538. The number of hydrogen-bond donors (Lipinski definition) is 2. The lowest BCUT2D eigenvalue weighted by Crippen LogP contribution is -2.28. The van der Waals surface area contributed by atoms with E-state index in [4.69, 9.17) is 10.6 Å². The molecule has 1 saturated carbocycles. The van der Waals surface area contributed by atoms with Crippen LogP contribution in [-0.4, -0.2) is 7.11 Å². The quantitative estimate of drug-likeness (QED) is 0.591. The third kappa shape index (κ3) is 2.54. The number of hydrazine groups is 1. The summed E-state index contributed by atoms with van der Waals surface area (Å²) in [5.41, 5.74) is 5.33. The van der Waals surface area contributed by atoms with Gasteiger partial charge < -0.3 is 4.74 Å². The summed E-state index contributed by atoms with van der Waals surface area (Å²) < 4.78 is 5.26. The van der Waals surface area contributed by atoms with Gasteiger partial charge in [0.15, 0.2) is 0 Å². The van der Waals surface area contributed by atoms with Crippen molar-refractivity contribution in [2.75, 3.05) is 7.11 Å². The molecule has 1 fully saturated rings. The first-order valence-electron chi connectivity index (χ1n) is 5.85. The molecule has 3 N–H and O–H groups in total. The molecule has 3 heteroatoms. The zero-order valence-corrected chi connectivity index (χ0v) is 9.99. The molecule has 88 valence electrons. The zero-order valence-electron chi connectivity index (χ0n) is 9.99. The molecule has 0 radical (unpaired) electrons. The molecule has 2 rings (SSSR count). The Kier molecular flexibility index (Phi) is 3.46. The number of ether oxygens (including phenoxy) is 1. The third-order valence-corrected chi connectivity index (χ3v) is 3.29. The Hall–Kier alpha value is -1.06. The summed E-state index contributed by atoms with van der Waals surface area (Å²) in [4.78, 5) is 0. The average molecular weight is 220 g/mol. The Labute approximate surface area is 97.0 Å². The summed E-state index contributed by atoms with van der Waals surface area (Å²) in [6.45, 7) is 2.06. The van der Waals surface area contributed by atoms with E-state index in [1.54, 1.807) is 7.11 Å². The van der Waals surface area contributed by atoms with E-state index in [0.29, 0.717) is 0 Å². The summed E-state index contributed by atoms with van der Waals surface area (Å²) in [5.74, 6) is 7.42. The van der Waals surface area contributed by atoms with Crippen molar-refractivity contribution in [1.82, 2.24) is 5.43 Å². The lowest BCUT2D eigenvalue weighted by molar-refractivity contribution is 0.410. The predicted octanol–water partition coefficient (Wildman–Crippen LogP) is 2.31. The number of hydrogen-bond acceptors (Lipinski definition) is 3. The van der Waals surface area contributed by atoms with Crippen LogP contribution in [-0.2, 0) is 0 Å². The highest BCUT2D eigenvalue weighted by atomic mass is 16.5. The summed E-state index contributed by atoms with van der Waals surface area (Å²) in [7, 11) is 1.70. The summed E-state index contributed by atoms with van der Waals surface area (Å²) in [6.07, 6.45) is 3.85. The van der Waals surface area contributed by atoms with Crippen molar-refractivity contribution in [2.45, 2.75) is 32.2 Å². The van der Waals surface area contributed by atoms with Gasteiger partial charge in [-0.05, 0) is 36.5 Å². The van der Waals surface area contributed by atoms with Gasteiger partial charge in [-0.1, -0.05) is 25.0 Å². The molecule has 1 aromatic carbocycles. The van der Waals surface area contributed by atoms with Crippen molar-refractivity contribution in [3.8, 4) is 5.75 Å². The third-order valence-electron chi connectivity index (χ3n) is 3.29. The predicted molar refractivity (Wildman–Crippen MR) is 65.1 cm³/mol. The molecule has 0 bridgehead atoms. The van der Waals surface area contributed by atoms with Gasteiger partial charge in [-0.3, -0.25) is 11.3 Å². The van der Waals surface area contributed by atoms with Crippen molar-refractivity contribution >= 4 is 0 Å². The molecule has 0 saturated heterocycles. The monoisotopic (exact) mass is 220 g/mol. The highest BCUT2D eigenvalue weighted by molar-refractivity contribution is 5.37. The second-order valence-electron chi connectivity index (χ2n) is 4.63. The highest BCUT2D eigenvalue weighted by Crippen LogP contribution is 2.37. The number of rotatable bonds is 5. The Bertz CT molecular complexity index is 361. The minimum atomic E-state index is 0.275. The highest BCUT2D eigenvalue weighted by Gasteiger charge is 2.25. The summed E-state index contributed by atoms with van der Waals surface area (Å²) in [5, 5.41) is 0. The van der Waals surface area contributed by atoms with Gasteiger partial charge in [-0.15, -0.1) is 0 Å². The molecule has 3 nitrogen and oxygen atoms in total. The van der Waals surface area contributed by atoms with Gasteiger partial charge in [0.05, 0.1) is 7.11 Å². The van der Waals surface area contributed by atoms with Gasteiger partial charge >= 0.3 is 0 Å². The number of aryl methyl sites for hydroxylation is 1. The maximum Gasteiger partial charge on any atom is 0.121 e. The standard InChI is InChI=1S/C13H20N2O/c1-9-7-11(5-6-13(9)16-2)12(15-14)8-10-3-4-10/h5-7,10,12,15H,3-4,8,14H2,1-2H3. The maximum atomic E-state index is 5.62. The van der Waals surface area contributed by atoms with Crippen LogP contribution in [0.4, 0.5) is 0 Å². The fourth-order valence-electron chi connectivity index (χ4n) is 2.11. The van der Waals surface area contributed by atoms with E-state index in [1.807, 2.05) is 6.07 Å². The molecule has 1 atom stereocenters. The molecule has 1 aliphatic rings. The van der Waals surface area contributed by atoms with Crippen LogP contribution >= 0.6 is 0 Å². The minimum Gasteiger partial charge on any atom is -0.496 e. The summed E-state index contributed by atoms with van der Waals surface area (Å²) >= 11 is 0. The number of nitrogens with two attached hydrogens (primary N) is 1. The Morgan fingerprint density at radius 3 is 2.75 bits per heavy atom.